The van der Waals surface area contributed by atoms with Crippen molar-refractivity contribution in [1.29, 1.82) is 0 Å². The van der Waals surface area contributed by atoms with Gasteiger partial charge in [0.1, 0.15) is 12.3 Å². The van der Waals surface area contributed by atoms with Crippen molar-refractivity contribution in [3.05, 3.63) is 45.2 Å². The first-order valence-corrected chi connectivity index (χ1v) is 9.00. The van der Waals surface area contributed by atoms with Gasteiger partial charge in [-0.2, -0.15) is 0 Å². The number of nitrogens with zero attached hydrogens (tertiary/aromatic N) is 1. The minimum Gasteiger partial charge on any atom is -0.477 e. The molecule has 0 radical (unpaired) electrons. The number of aryl methyl sites for hydroxylation is 2. The van der Waals surface area contributed by atoms with E-state index < -0.39 is 11.4 Å². The van der Waals surface area contributed by atoms with Crippen molar-refractivity contribution in [2.45, 2.75) is 65.5 Å². The van der Waals surface area contributed by atoms with Gasteiger partial charge >= 0.3 is 5.97 Å². The average Bonchev–Trinajstić information content (AvgIpc) is 2.63. The number of fused-ring (bicyclic) bond motifs is 1. The Balaban J connectivity index is 0.000000316. The van der Waals surface area contributed by atoms with Gasteiger partial charge < -0.3 is 14.8 Å². The molecule has 1 fully saturated rings. The zero-order chi connectivity index (χ0) is 18.4. The van der Waals surface area contributed by atoms with E-state index in [1.807, 2.05) is 13.8 Å². The number of carboxylic acids is 1. The lowest BCUT2D eigenvalue weighted by Crippen LogP contribution is -2.19. The first-order valence-electron chi connectivity index (χ1n) is 9.00. The van der Waals surface area contributed by atoms with Crippen LogP contribution in [0.25, 0.3) is 10.9 Å². The SMILES string of the molecule is C1CCCCC1.CCc1cc2c(=O)c(C(=O)O)cn(CO)c2cc1C. The molecule has 5 heteroatoms. The van der Waals surface area contributed by atoms with Crippen LogP contribution in [0.15, 0.2) is 23.1 Å². The molecule has 5 nitrogen and oxygen atoms in total. The molecule has 2 aromatic rings. The summed E-state index contributed by atoms with van der Waals surface area (Å²) in [5, 5.41) is 18.7. The molecule has 1 aliphatic rings. The molecule has 0 aliphatic heterocycles. The third kappa shape index (κ3) is 4.48. The van der Waals surface area contributed by atoms with Gasteiger partial charge in [0, 0.05) is 11.6 Å². The number of benzene rings is 1. The summed E-state index contributed by atoms with van der Waals surface area (Å²) >= 11 is 0. The predicted molar refractivity (Wildman–Crippen MR) is 99.2 cm³/mol. The molecule has 0 bridgehead atoms. The summed E-state index contributed by atoms with van der Waals surface area (Å²) in [7, 11) is 0. The molecule has 1 heterocycles. The average molecular weight is 345 g/mol. The highest BCUT2D eigenvalue weighted by Crippen LogP contribution is 2.19. The van der Waals surface area contributed by atoms with E-state index in [4.69, 9.17) is 5.11 Å². The van der Waals surface area contributed by atoms with Crippen LogP contribution < -0.4 is 5.43 Å². The number of aliphatic hydroxyl groups excluding tert-OH is 1. The summed E-state index contributed by atoms with van der Waals surface area (Å²) in [4.78, 5) is 23.2. The second kappa shape index (κ2) is 8.81. The van der Waals surface area contributed by atoms with E-state index in [9.17, 15) is 14.7 Å². The van der Waals surface area contributed by atoms with Crippen LogP contribution in [0.5, 0.6) is 0 Å². The van der Waals surface area contributed by atoms with Gasteiger partial charge in [-0.25, -0.2) is 4.79 Å². The first kappa shape index (κ1) is 19.2. The van der Waals surface area contributed by atoms with E-state index in [0.717, 1.165) is 17.5 Å². The second-order valence-electron chi connectivity index (χ2n) is 6.56. The minimum absolute atomic E-state index is 0.326. The highest BCUT2D eigenvalue weighted by Gasteiger charge is 2.15. The van der Waals surface area contributed by atoms with Crippen LogP contribution in [0.2, 0.25) is 0 Å². The lowest BCUT2D eigenvalue weighted by atomic mass is 10.0. The number of pyridine rings is 1. The fourth-order valence-electron chi connectivity index (χ4n) is 3.30. The van der Waals surface area contributed by atoms with Crippen molar-refractivity contribution in [2.24, 2.45) is 0 Å². The van der Waals surface area contributed by atoms with E-state index in [0.29, 0.717) is 10.9 Å². The molecule has 0 atom stereocenters. The quantitative estimate of drug-likeness (QED) is 0.885. The molecule has 1 aromatic carbocycles. The molecule has 136 valence electrons. The molecule has 0 saturated heterocycles. The maximum absolute atomic E-state index is 12.1. The van der Waals surface area contributed by atoms with Crippen LogP contribution in [0.1, 0.15) is 66.9 Å². The lowest BCUT2D eigenvalue weighted by molar-refractivity contribution is 0.0694. The third-order valence-electron chi connectivity index (χ3n) is 4.80. The Hall–Kier alpha value is -2.14. The number of carboxylic acid groups (broad SMARTS) is 1. The van der Waals surface area contributed by atoms with Gasteiger partial charge in [-0.15, -0.1) is 0 Å². The molecular formula is C20H27NO4. The highest BCUT2D eigenvalue weighted by atomic mass is 16.4. The molecule has 1 saturated carbocycles. The van der Waals surface area contributed by atoms with E-state index in [2.05, 4.69) is 0 Å². The standard InChI is InChI=1S/C14H15NO4.C6H12/c1-3-9-5-10-12(4-8(9)2)15(7-16)6-11(13(10)17)14(18)19;1-2-4-6-5-3-1/h4-6,16H,3,7H2,1-2H3,(H,18,19);1-6H2. The van der Waals surface area contributed by atoms with Crippen molar-refractivity contribution >= 4 is 16.9 Å². The zero-order valence-corrected chi connectivity index (χ0v) is 15.0. The monoisotopic (exact) mass is 345 g/mol. The molecule has 0 amide bonds. The number of hydrogen-bond acceptors (Lipinski definition) is 3. The molecule has 0 unspecified atom stereocenters. The van der Waals surface area contributed by atoms with E-state index in [1.165, 1.54) is 49.3 Å². The predicted octanol–water partition coefficient (Wildman–Crippen LogP) is 3.86. The van der Waals surface area contributed by atoms with E-state index in [1.54, 1.807) is 12.1 Å². The number of hydrogen-bond donors (Lipinski definition) is 2. The van der Waals surface area contributed by atoms with Crippen molar-refractivity contribution in [1.82, 2.24) is 4.57 Å². The maximum atomic E-state index is 12.1. The van der Waals surface area contributed by atoms with Crippen LogP contribution >= 0.6 is 0 Å². The van der Waals surface area contributed by atoms with Gasteiger partial charge in [0.25, 0.3) is 0 Å². The molecular weight excluding hydrogens is 318 g/mol. The first-order chi connectivity index (χ1) is 12.0. The Kier molecular flexibility index (Phi) is 6.76. The van der Waals surface area contributed by atoms with Crippen molar-refractivity contribution in [2.75, 3.05) is 0 Å². The van der Waals surface area contributed by atoms with E-state index in [-0.39, 0.29) is 12.3 Å². The normalized spacial score (nSPS) is 14.0. The third-order valence-corrected chi connectivity index (χ3v) is 4.80. The highest BCUT2D eigenvalue weighted by molar-refractivity contribution is 5.93. The second-order valence-corrected chi connectivity index (χ2v) is 6.56. The fraction of sp³-hybridized carbons (Fsp3) is 0.500. The Morgan fingerprint density at radius 3 is 2.12 bits per heavy atom. The summed E-state index contributed by atoms with van der Waals surface area (Å²) < 4.78 is 1.37. The molecule has 2 N–H and O–H groups in total. The topological polar surface area (TPSA) is 79.5 Å². The number of aliphatic hydroxyl groups is 1. The molecule has 25 heavy (non-hydrogen) atoms. The number of rotatable bonds is 3. The summed E-state index contributed by atoms with van der Waals surface area (Å²) in [6.07, 6.45) is 10.9. The fourth-order valence-corrected chi connectivity index (χ4v) is 3.30. The van der Waals surface area contributed by atoms with Crippen molar-refractivity contribution in [3.63, 3.8) is 0 Å². The Bertz CT molecular complexity index is 792. The van der Waals surface area contributed by atoms with Crippen LogP contribution in [-0.4, -0.2) is 20.7 Å². The number of aromatic nitrogens is 1. The van der Waals surface area contributed by atoms with Crippen molar-refractivity contribution < 1.29 is 15.0 Å². The smallest absolute Gasteiger partial charge is 0.341 e. The summed E-state index contributed by atoms with van der Waals surface area (Å²) in [5.74, 6) is -1.28. The van der Waals surface area contributed by atoms with E-state index >= 15 is 0 Å². The number of carbonyl (C=O) groups is 1. The van der Waals surface area contributed by atoms with Gasteiger partial charge in [-0.1, -0.05) is 45.4 Å². The van der Waals surface area contributed by atoms with Gasteiger partial charge in [0.05, 0.1) is 5.52 Å². The van der Waals surface area contributed by atoms with Crippen LogP contribution in [-0.2, 0) is 13.2 Å². The van der Waals surface area contributed by atoms with Crippen LogP contribution in [0.4, 0.5) is 0 Å². The van der Waals surface area contributed by atoms with Gasteiger partial charge in [-0.05, 0) is 36.6 Å². The van der Waals surface area contributed by atoms with Gasteiger partial charge in [0.15, 0.2) is 0 Å². The molecule has 1 aromatic heterocycles. The lowest BCUT2D eigenvalue weighted by Gasteiger charge is -2.12. The Morgan fingerprint density at radius 2 is 1.68 bits per heavy atom. The summed E-state index contributed by atoms with van der Waals surface area (Å²) in [5.41, 5.74) is 1.72. The van der Waals surface area contributed by atoms with Gasteiger partial charge in [0.2, 0.25) is 5.43 Å². The summed E-state index contributed by atoms with van der Waals surface area (Å²) in [6, 6.07) is 3.52. The molecule has 3 rings (SSSR count). The molecule has 1 aliphatic carbocycles. The minimum atomic E-state index is -1.28. The van der Waals surface area contributed by atoms with Crippen molar-refractivity contribution in [3.8, 4) is 0 Å². The number of aromatic carboxylic acids is 1. The van der Waals surface area contributed by atoms with Gasteiger partial charge in [-0.3, -0.25) is 4.79 Å². The Labute approximate surface area is 147 Å². The van der Waals surface area contributed by atoms with Crippen LogP contribution in [0.3, 0.4) is 0 Å². The maximum Gasteiger partial charge on any atom is 0.341 e. The Morgan fingerprint density at radius 1 is 1.12 bits per heavy atom. The summed E-state index contributed by atoms with van der Waals surface area (Å²) in [6.45, 7) is 3.53. The van der Waals surface area contributed by atoms with Crippen LogP contribution in [0, 0.1) is 6.92 Å². The largest absolute Gasteiger partial charge is 0.477 e. The molecule has 0 spiro atoms. The zero-order valence-electron chi connectivity index (χ0n) is 15.0.